The number of benzene rings is 1. The molecule has 7 nitrogen and oxygen atoms in total. The first-order chi connectivity index (χ1) is 8.05. The van der Waals surface area contributed by atoms with Crippen molar-refractivity contribution in [3.8, 4) is 11.5 Å². The molecule has 0 atom stereocenters. The van der Waals surface area contributed by atoms with E-state index in [9.17, 15) is 14.9 Å². The SMILES string of the molecule is COc1cc(NC(=O)C[N+](=O)[O-])cc(OC)c1. The summed E-state index contributed by atoms with van der Waals surface area (Å²) in [6.45, 7) is -0.778. The van der Waals surface area contributed by atoms with Crippen LogP contribution in [0.25, 0.3) is 0 Å². The number of methoxy groups -OCH3 is 2. The van der Waals surface area contributed by atoms with Crippen LogP contribution in [0.4, 0.5) is 5.69 Å². The summed E-state index contributed by atoms with van der Waals surface area (Å²) in [4.78, 5) is 20.6. The molecule has 0 aliphatic heterocycles. The highest BCUT2D eigenvalue weighted by atomic mass is 16.6. The van der Waals surface area contributed by atoms with Gasteiger partial charge in [0, 0.05) is 28.8 Å². The molecule has 0 heterocycles. The minimum atomic E-state index is -0.778. The van der Waals surface area contributed by atoms with Gasteiger partial charge in [0.15, 0.2) is 0 Å². The molecule has 1 N–H and O–H groups in total. The molecule has 0 radical (unpaired) electrons. The summed E-state index contributed by atoms with van der Waals surface area (Å²) in [6.07, 6.45) is 0. The largest absolute Gasteiger partial charge is 0.497 e. The van der Waals surface area contributed by atoms with Gasteiger partial charge in [-0.1, -0.05) is 0 Å². The maximum absolute atomic E-state index is 11.2. The van der Waals surface area contributed by atoms with Crippen molar-refractivity contribution >= 4 is 11.6 Å². The van der Waals surface area contributed by atoms with Gasteiger partial charge >= 0.3 is 0 Å². The van der Waals surface area contributed by atoms with Gasteiger partial charge in [0.25, 0.3) is 12.5 Å². The maximum Gasteiger partial charge on any atom is 0.296 e. The van der Waals surface area contributed by atoms with Gasteiger partial charge in [-0.05, 0) is 0 Å². The fourth-order valence-electron chi connectivity index (χ4n) is 1.20. The summed E-state index contributed by atoms with van der Waals surface area (Å²) < 4.78 is 9.99. The molecule has 1 aromatic rings. The number of anilines is 1. The van der Waals surface area contributed by atoms with Gasteiger partial charge in [-0.15, -0.1) is 0 Å². The number of nitrogens with one attached hydrogen (secondary N) is 1. The molecule has 1 rings (SSSR count). The fraction of sp³-hybridized carbons (Fsp3) is 0.300. The lowest BCUT2D eigenvalue weighted by Crippen LogP contribution is -2.21. The number of ether oxygens (including phenoxy) is 2. The average Bonchev–Trinajstić information content (AvgIpc) is 2.27. The van der Waals surface area contributed by atoms with Crippen molar-refractivity contribution in [2.45, 2.75) is 0 Å². The van der Waals surface area contributed by atoms with Crippen LogP contribution < -0.4 is 14.8 Å². The third-order valence-corrected chi connectivity index (χ3v) is 1.91. The zero-order valence-corrected chi connectivity index (χ0v) is 9.43. The molecule has 17 heavy (non-hydrogen) atoms. The first kappa shape index (κ1) is 12.8. The van der Waals surface area contributed by atoms with E-state index in [4.69, 9.17) is 9.47 Å². The Labute approximate surface area is 97.5 Å². The topological polar surface area (TPSA) is 90.7 Å². The Hall–Kier alpha value is -2.31. The number of carbonyl (C=O) groups excluding carboxylic acids is 1. The van der Waals surface area contributed by atoms with Crippen LogP contribution in [0.15, 0.2) is 18.2 Å². The van der Waals surface area contributed by atoms with E-state index in [-0.39, 0.29) is 0 Å². The molecule has 1 amide bonds. The van der Waals surface area contributed by atoms with Gasteiger partial charge in [-0.25, -0.2) is 0 Å². The van der Waals surface area contributed by atoms with Gasteiger partial charge < -0.3 is 14.8 Å². The Bertz CT molecular complexity index is 410. The molecule has 0 aliphatic carbocycles. The van der Waals surface area contributed by atoms with Crippen LogP contribution in [0.2, 0.25) is 0 Å². The highest BCUT2D eigenvalue weighted by molar-refractivity contribution is 5.91. The Morgan fingerprint density at radius 1 is 1.29 bits per heavy atom. The third kappa shape index (κ3) is 3.98. The van der Waals surface area contributed by atoms with E-state index in [0.29, 0.717) is 17.2 Å². The monoisotopic (exact) mass is 240 g/mol. The summed E-state index contributed by atoms with van der Waals surface area (Å²) >= 11 is 0. The summed E-state index contributed by atoms with van der Waals surface area (Å²) in [5.74, 6) is 0.270. The molecule has 0 saturated heterocycles. The van der Waals surface area contributed by atoms with E-state index in [0.717, 1.165) is 0 Å². The minimum Gasteiger partial charge on any atom is -0.497 e. The Morgan fingerprint density at radius 2 is 1.82 bits per heavy atom. The number of hydrogen-bond donors (Lipinski definition) is 1. The average molecular weight is 240 g/mol. The van der Waals surface area contributed by atoms with Crippen molar-refractivity contribution in [3.05, 3.63) is 28.3 Å². The molecule has 0 spiro atoms. The van der Waals surface area contributed by atoms with Gasteiger partial charge in [-0.2, -0.15) is 0 Å². The van der Waals surface area contributed by atoms with Crippen LogP contribution in [-0.2, 0) is 4.79 Å². The van der Waals surface area contributed by atoms with Gasteiger partial charge in [0.2, 0.25) is 0 Å². The quantitative estimate of drug-likeness (QED) is 0.610. The lowest BCUT2D eigenvalue weighted by Gasteiger charge is -2.08. The molecule has 0 saturated carbocycles. The third-order valence-electron chi connectivity index (χ3n) is 1.91. The zero-order valence-electron chi connectivity index (χ0n) is 9.43. The predicted octanol–water partition coefficient (Wildman–Crippen LogP) is 0.919. The van der Waals surface area contributed by atoms with Crippen LogP contribution in [0.5, 0.6) is 11.5 Å². The lowest BCUT2D eigenvalue weighted by molar-refractivity contribution is -0.467. The molecule has 0 aliphatic rings. The van der Waals surface area contributed by atoms with E-state index in [1.54, 1.807) is 18.2 Å². The summed E-state index contributed by atoms with van der Waals surface area (Å²) in [5, 5.41) is 12.5. The van der Waals surface area contributed by atoms with Crippen LogP contribution in [-0.4, -0.2) is 31.6 Å². The van der Waals surface area contributed by atoms with E-state index < -0.39 is 17.4 Å². The summed E-state index contributed by atoms with van der Waals surface area (Å²) in [6, 6.07) is 4.71. The van der Waals surface area contributed by atoms with Crippen molar-refractivity contribution in [3.63, 3.8) is 0 Å². The van der Waals surface area contributed by atoms with Gasteiger partial charge in [0.05, 0.1) is 14.2 Å². The van der Waals surface area contributed by atoms with E-state index in [2.05, 4.69) is 5.32 Å². The van der Waals surface area contributed by atoms with E-state index in [1.807, 2.05) is 0 Å². The smallest absolute Gasteiger partial charge is 0.296 e. The predicted molar refractivity (Wildman–Crippen MR) is 60.0 cm³/mol. The van der Waals surface area contributed by atoms with Crippen molar-refractivity contribution in [2.24, 2.45) is 0 Å². The van der Waals surface area contributed by atoms with Crippen molar-refractivity contribution in [2.75, 3.05) is 26.1 Å². The molecule has 7 heteroatoms. The number of hydrogen-bond acceptors (Lipinski definition) is 5. The standard InChI is InChI=1S/C10H12N2O5/c1-16-8-3-7(4-9(5-8)17-2)11-10(13)6-12(14)15/h3-5H,6H2,1-2H3,(H,11,13). The van der Waals surface area contributed by atoms with Crippen LogP contribution in [0.3, 0.4) is 0 Å². The molecule has 0 unspecified atom stereocenters. The number of carbonyl (C=O) groups is 1. The minimum absolute atomic E-state index is 0.382. The number of amides is 1. The first-order valence-corrected chi connectivity index (χ1v) is 4.70. The Morgan fingerprint density at radius 3 is 2.24 bits per heavy atom. The number of nitro groups is 1. The van der Waals surface area contributed by atoms with Crippen molar-refractivity contribution in [1.29, 1.82) is 0 Å². The normalized spacial score (nSPS) is 9.53. The Kier molecular flexibility index (Phi) is 4.27. The van der Waals surface area contributed by atoms with Crippen molar-refractivity contribution < 1.29 is 19.2 Å². The molecule has 0 bridgehead atoms. The van der Waals surface area contributed by atoms with E-state index >= 15 is 0 Å². The second-order valence-corrected chi connectivity index (χ2v) is 3.14. The molecule has 92 valence electrons. The molecule has 0 aromatic heterocycles. The van der Waals surface area contributed by atoms with Crippen LogP contribution in [0.1, 0.15) is 0 Å². The highest BCUT2D eigenvalue weighted by Crippen LogP contribution is 2.25. The zero-order chi connectivity index (χ0) is 12.8. The maximum atomic E-state index is 11.2. The second-order valence-electron chi connectivity index (χ2n) is 3.14. The first-order valence-electron chi connectivity index (χ1n) is 4.70. The summed E-state index contributed by atoms with van der Waals surface area (Å²) in [5.41, 5.74) is 0.382. The Balaban J connectivity index is 2.82. The van der Waals surface area contributed by atoms with E-state index in [1.165, 1.54) is 14.2 Å². The van der Waals surface area contributed by atoms with Crippen molar-refractivity contribution in [1.82, 2.24) is 0 Å². The molecular weight excluding hydrogens is 228 g/mol. The van der Waals surface area contributed by atoms with Crippen LogP contribution >= 0.6 is 0 Å². The molecular formula is C10H12N2O5. The van der Waals surface area contributed by atoms with Gasteiger partial charge in [-0.3, -0.25) is 14.9 Å². The molecule has 0 fully saturated rings. The summed E-state index contributed by atoms with van der Waals surface area (Å²) in [7, 11) is 2.94. The number of nitrogens with zero attached hydrogens (tertiary/aromatic N) is 1. The van der Waals surface area contributed by atoms with Crippen LogP contribution in [0, 0.1) is 10.1 Å². The fourth-order valence-corrected chi connectivity index (χ4v) is 1.20. The second kappa shape index (κ2) is 5.69. The highest BCUT2D eigenvalue weighted by Gasteiger charge is 2.11. The lowest BCUT2D eigenvalue weighted by atomic mass is 10.2. The van der Waals surface area contributed by atoms with Gasteiger partial charge in [0.1, 0.15) is 11.5 Å². The molecule has 1 aromatic carbocycles. The number of rotatable bonds is 5.